The van der Waals surface area contributed by atoms with E-state index in [-0.39, 0.29) is 18.7 Å². The van der Waals surface area contributed by atoms with E-state index in [9.17, 15) is 9.90 Å². The van der Waals surface area contributed by atoms with Crippen molar-refractivity contribution in [1.82, 2.24) is 19.4 Å². The molecule has 3 aromatic rings. The van der Waals surface area contributed by atoms with E-state index in [2.05, 4.69) is 19.6 Å². The molecule has 0 radical (unpaired) electrons. The molecule has 38 heavy (non-hydrogen) atoms. The number of rotatable bonds is 9. The molecule has 1 aliphatic heterocycles. The van der Waals surface area contributed by atoms with Crippen molar-refractivity contribution in [2.45, 2.75) is 76.7 Å². The quantitative estimate of drug-likeness (QED) is 0.279. The number of fused-ring (bicyclic) bond motifs is 1. The van der Waals surface area contributed by atoms with E-state index in [4.69, 9.17) is 31.0 Å². The van der Waals surface area contributed by atoms with Crippen LogP contribution >= 0.6 is 11.6 Å². The number of hydrogen-bond acceptors (Lipinski definition) is 6. The number of aromatic nitrogens is 3. The minimum atomic E-state index is -1.23. The van der Waals surface area contributed by atoms with Gasteiger partial charge in [-0.1, -0.05) is 55.5 Å². The fourth-order valence-corrected chi connectivity index (χ4v) is 5.97. The maximum absolute atomic E-state index is 11.8. The molecule has 1 amide bonds. The molecule has 3 heterocycles. The van der Waals surface area contributed by atoms with Gasteiger partial charge >= 0.3 is 6.01 Å². The number of nitrogens with zero attached hydrogens (tertiary/aromatic N) is 4. The lowest BCUT2D eigenvalue weighted by Gasteiger charge is -2.37. The second kappa shape index (κ2) is 10.6. The Bertz CT molecular complexity index is 1320. The largest absolute Gasteiger partial charge is 0.459 e. The van der Waals surface area contributed by atoms with Crippen molar-refractivity contribution in [3.05, 3.63) is 40.9 Å². The molecule has 2 fully saturated rings. The zero-order valence-electron chi connectivity index (χ0n) is 22.7. The molecule has 0 unspecified atom stereocenters. The Morgan fingerprint density at radius 2 is 1.95 bits per heavy atom. The minimum Gasteiger partial charge on any atom is -0.459 e. The van der Waals surface area contributed by atoms with Gasteiger partial charge in [0.15, 0.2) is 5.65 Å². The number of aliphatic hydroxyl groups is 1. The zero-order chi connectivity index (χ0) is 27.1. The van der Waals surface area contributed by atoms with Crippen molar-refractivity contribution in [2.75, 3.05) is 19.7 Å². The molecule has 1 N–H and O–H groups in total. The van der Waals surface area contributed by atoms with E-state index in [1.54, 1.807) is 11.8 Å². The van der Waals surface area contributed by atoms with Crippen LogP contribution in [0.5, 0.6) is 6.01 Å². The summed E-state index contributed by atoms with van der Waals surface area (Å²) in [6.45, 7) is 10.7. The highest BCUT2D eigenvalue weighted by Crippen LogP contribution is 2.41. The summed E-state index contributed by atoms with van der Waals surface area (Å²) in [6, 6.07) is 11.2. The van der Waals surface area contributed by atoms with Crippen LogP contribution in [0.15, 0.2) is 30.3 Å². The second-order valence-electron chi connectivity index (χ2n) is 11.8. The second-order valence-corrected chi connectivity index (χ2v) is 17.8. The van der Waals surface area contributed by atoms with E-state index in [1.165, 1.54) is 0 Å². The lowest BCUT2D eigenvalue weighted by molar-refractivity contribution is -0.128. The number of likely N-dealkylation sites (tertiary alicyclic amines) is 1. The van der Waals surface area contributed by atoms with Gasteiger partial charge in [0, 0.05) is 40.1 Å². The summed E-state index contributed by atoms with van der Waals surface area (Å²) < 4.78 is 14.2. The minimum absolute atomic E-state index is 0.0489. The smallest absolute Gasteiger partial charge is 0.301 e. The van der Waals surface area contributed by atoms with Gasteiger partial charge in [0.2, 0.25) is 5.91 Å². The van der Waals surface area contributed by atoms with Gasteiger partial charge in [0.05, 0.1) is 28.4 Å². The van der Waals surface area contributed by atoms with Crippen LogP contribution in [0.1, 0.15) is 38.2 Å². The van der Waals surface area contributed by atoms with Crippen LogP contribution in [-0.4, -0.2) is 64.3 Å². The number of amides is 1. The summed E-state index contributed by atoms with van der Waals surface area (Å²) in [5.41, 5.74) is 2.97. The Morgan fingerprint density at radius 3 is 2.55 bits per heavy atom. The Hall–Kier alpha value is -2.46. The molecule has 0 bridgehead atoms. The van der Waals surface area contributed by atoms with Gasteiger partial charge in [-0.25, -0.2) is 4.98 Å². The summed E-state index contributed by atoms with van der Waals surface area (Å²) in [5.74, 6) is 0.0489. The first-order valence-electron chi connectivity index (χ1n) is 13.4. The van der Waals surface area contributed by atoms with Crippen LogP contribution in [0.4, 0.5) is 0 Å². The van der Waals surface area contributed by atoms with E-state index in [0.717, 1.165) is 48.4 Å². The number of carbonyl (C=O) groups excluding carboxylic acids is 1. The van der Waals surface area contributed by atoms with Gasteiger partial charge in [0.1, 0.15) is 12.8 Å². The van der Waals surface area contributed by atoms with Crippen LogP contribution in [-0.2, 0) is 21.9 Å². The maximum atomic E-state index is 11.8. The molecule has 1 saturated carbocycles. The van der Waals surface area contributed by atoms with Crippen molar-refractivity contribution in [2.24, 2.45) is 0 Å². The third-order valence-electron chi connectivity index (χ3n) is 7.62. The summed E-state index contributed by atoms with van der Waals surface area (Å²) in [7, 11) is -1.23. The van der Waals surface area contributed by atoms with Crippen molar-refractivity contribution in [3.63, 3.8) is 0 Å². The third kappa shape index (κ3) is 5.76. The van der Waals surface area contributed by atoms with Crippen LogP contribution in [0.25, 0.3) is 22.4 Å². The van der Waals surface area contributed by atoms with E-state index in [0.29, 0.717) is 42.1 Å². The topological polar surface area (TPSA) is 89.7 Å². The number of carbonyl (C=O) groups is 1. The average molecular weight is 557 g/mol. The maximum Gasteiger partial charge on any atom is 0.301 e. The molecule has 5 rings (SSSR count). The van der Waals surface area contributed by atoms with Gasteiger partial charge in [-0.2, -0.15) is 4.98 Å². The number of pyridine rings is 1. The fraction of sp³-hybridized carbons (Fsp3) is 0.536. The monoisotopic (exact) mass is 556 g/mol. The molecule has 2 aromatic heterocycles. The normalized spacial score (nSPS) is 19.1. The van der Waals surface area contributed by atoms with Crippen LogP contribution < -0.4 is 4.74 Å². The van der Waals surface area contributed by atoms with Gasteiger partial charge in [-0.15, -0.1) is 0 Å². The first kappa shape index (κ1) is 27.1. The summed E-state index contributed by atoms with van der Waals surface area (Å²) >= 11 is 6.76. The van der Waals surface area contributed by atoms with Gasteiger partial charge in [-0.3, -0.25) is 9.36 Å². The first-order valence-corrected chi connectivity index (χ1v) is 17.5. The average Bonchev–Trinajstić information content (AvgIpc) is 3.44. The number of benzene rings is 1. The van der Waals surface area contributed by atoms with Crippen molar-refractivity contribution in [1.29, 1.82) is 0 Å². The molecule has 204 valence electrons. The Morgan fingerprint density at radius 1 is 1.21 bits per heavy atom. The van der Waals surface area contributed by atoms with Crippen LogP contribution in [0.3, 0.4) is 0 Å². The highest BCUT2D eigenvalue weighted by Gasteiger charge is 2.36. The molecule has 8 nitrogen and oxygen atoms in total. The number of ether oxygens (including phenoxy) is 2. The van der Waals surface area contributed by atoms with Crippen LogP contribution in [0, 0.1) is 0 Å². The lowest BCUT2D eigenvalue weighted by atomic mass is 9.75. The predicted molar refractivity (Wildman–Crippen MR) is 151 cm³/mol. The summed E-state index contributed by atoms with van der Waals surface area (Å²) in [5, 5.41) is 11.2. The first-order chi connectivity index (χ1) is 18.0. The van der Waals surface area contributed by atoms with Gasteiger partial charge < -0.3 is 19.5 Å². The zero-order valence-corrected chi connectivity index (χ0v) is 24.4. The van der Waals surface area contributed by atoms with Crippen LogP contribution in [0.2, 0.25) is 30.7 Å². The molecular formula is C28H37ClN4O4Si. The molecule has 1 aliphatic carbocycles. The highest BCUT2D eigenvalue weighted by atomic mass is 35.5. The Kier molecular flexibility index (Phi) is 7.56. The van der Waals surface area contributed by atoms with Crippen molar-refractivity contribution < 1.29 is 19.4 Å². The third-order valence-corrected chi connectivity index (χ3v) is 9.61. The predicted octanol–water partition coefficient (Wildman–Crippen LogP) is 5.44. The van der Waals surface area contributed by atoms with E-state index >= 15 is 0 Å². The standard InChI is InChI=1S/C28H37ClN4O4Si/c1-19(34)32-13-10-22(17-32)37-27-31-26-24(33(27)18-36-14-15-38(2,3)4)16-23(29)25(30-26)20-6-8-21(9-7-20)28(35)11-5-12-28/h6-9,16,22,35H,5,10-15,17-18H2,1-4H3/t22-/m1/s1. The highest BCUT2D eigenvalue weighted by molar-refractivity contribution is 6.76. The Balaban J connectivity index is 1.43. The summed E-state index contributed by atoms with van der Waals surface area (Å²) in [6.07, 6.45) is 3.24. The van der Waals surface area contributed by atoms with E-state index in [1.807, 2.05) is 34.9 Å². The molecule has 10 heteroatoms. The Labute approximate surface area is 229 Å². The van der Waals surface area contributed by atoms with E-state index < -0.39 is 13.7 Å². The molecule has 1 atom stereocenters. The van der Waals surface area contributed by atoms with Crippen molar-refractivity contribution in [3.8, 4) is 17.3 Å². The van der Waals surface area contributed by atoms with Crippen molar-refractivity contribution >= 4 is 36.7 Å². The number of imidazole rings is 1. The number of halogens is 1. The molecule has 2 aliphatic rings. The molecule has 1 saturated heterocycles. The summed E-state index contributed by atoms with van der Waals surface area (Å²) in [4.78, 5) is 23.2. The lowest BCUT2D eigenvalue weighted by Crippen LogP contribution is -2.33. The van der Waals surface area contributed by atoms with Gasteiger partial charge in [-0.05, 0) is 36.9 Å². The fourth-order valence-electron chi connectivity index (χ4n) is 4.95. The molecular weight excluding hydrogens is 520 g/mol. The van der Waals surface area contributed by atoms with Gasteiger partial charge in [0.25, 0.3) is 0 Å². The SMILES string of the molecule is CC(=O)N1CC[C@@H](Oc2nc3nc(-c4ccc(C5(O)CCC5)cc4)c(Cl)cc3n2COCC[Si](C)(C)C)C1. The number of hydrogen-bond donors (Lipinski definition) is 1. The molecule has 0 spiro atoms. The molecule has 1 aromatic carbocycles.